The second-order valence-corrected chi connectivity index (χ2v) is 8.31. The van der Waals surface area contributed by atoms with Crippen molar-refractivity contribution in [2.45, 2.75) is 35.8 Å². The van der Waals surface area contributed by atoms with Gasteiger partial charge in [0, 0.05) is 23.2 Å². The van der Waals surface area contributed by atoms with E-state index in [2.05, 4.69) is 5.32 Å². The molecule has 0 spiro atoms. The van der Waals surface area contributed by atoms with Crippen LogP contribution < -0.4 is 11.1 Å². The van der Waals surface area contributed by atoms with E-state index in [1.54, 1.807) is 6.07 Å². The van der Waals surface area contributed by atoms with Gasteiger partial charge in [0.2, 0.25) is 11.8 Å². The van der Waals surface area contributed by atoms with E-state index in [1.165, 1.54) is 36.4 Å². The number of likely N-dealkylation sites (tertiary alicyclic amines) is 1. The van der Waals surface area contributed by atoms with Gasteiger partial charge in [0.25, 0.3) is 0 Å². The van der Waals surface area contributed by atoms with E-state index in [1.807, 2.05) is 23.1 Å². The van der Waals surface area contributed by atoms with Crippen molar-refractivity contribution in [1.82, 2.24) is 4.90 Å². The summed E-state index contributed by atoms with van der Waals surface area (Å²) in [5.41, 5.74) is 3.30. The van der Waals surface area contributed by atoms with Crippen molar-refractivity contribution >= 4 is 35.3 Å². The second-order valence-electron chi connectivity index (χ2n) is 7.17. The Kier molecular flexibility index (Phi) is 7.40. The lowest BCUT2D eigenvalue weighted by Crippen LogP contribution is -2.39. The first-order valence-electron chi connectivity index (χ1n) is 9.67. The zero-order valence-electron chi connectivity index (χ0n) is 16.6. The van der Waals surface area contributed by atoms with E-state index in [4.69, 9.17) is 5.73 Å². The van der Waals surface area contributed by atoms with Gasteiger partial charge < -0.3 is 11.1 Å². The zero-order chi connectivity index (χ0) is 22.4. The van der Waals surface area contributed by atoms with Gasteiger partial charge in [-0.1, -0.05) is 24.3 Å². The topological polar surface area (TPSA) is 75.4 Å². The lowest BCUT2D eigenvalue weighted by atomic mass is 10.1. The minimum atomic E-state index is -4.33. The van der Waals surface area contributed by atoms with Crippen molar-refractivity contribution in [2.75, 3.05) is 11.9 Å². The SMILES string of the molecule is NC(=O)C1CCCN1Cc1cccc(NC(=O)/C=C/c2ccc(SC(F)(F)F)cc2)c1. The van der Waals surface area contributed by atoms with Gasteiger partial charge in [-0.15, -0.1) is 0 Å². The summed E-state index contributed by atoms with van der Waals surface area (Å²) in [6.07, 6.45) is 4.53. The van der Waals surface area contributed by atoms with E-state index in [0.29, 0.717) is 17.8 Å². The summed E-state index contributed by atoms with van der Waals surface area (Å²) in [6.45, 7) is 1.36. The number of hydrogen-bond donors (Lipinski definition) is 2. The molecule has 1 heterocycles. The highest BCUT2D eigenvalue weighted by molar-refractivity contribution is 8.00. The number of alkyl halides is 3. The maximum atomic E-state index is 12.4. The van der Waals surface area contributed by atoms with Crippen LogP contribution in [0.2, 0.25) is 0 Å². The van der Waals surface area contributed by atoms with Crippen molar-refractivity contribution in [3.8, 4) is 0 Å². The van der Waals surface area contributed by atoms with Gasteiger partial charge in [0.1, 0.15) is 0 Å². The van der Waals surface area contributed by atoms with Crippen molar-refractivity contribution in [3.05, 3.63) is 65.7 Å². The van der Waals surface area contributed by atoms with Crippen molar-refractivity contribution in [2.24, 2.45) is 5.73 Å². The maximum absolute atomic E-state index is 12.4. The number of nitrogens with two attached hydrogens (primary N) is 1. The Morgan fingerprint density at radius 1 is 1.19 bits per heavy atom. The standard InChI is InChI=1S/C22H22F3N3O2S/c23-22(24,25)31-18-9-6-15(7-10-18)8-11-20(29)27-17-4-1-3-16(13-17)14-28-12-2-5-19(28)21(26)30/h1,3-4,6-11,13,19H,2,5,12,14H2,(H2,26,30)(H,27,29)/b11-8+. The number of halogens is 3. The smallest absolute Gasteiger partial charge is 0.368 e. The first kappa shape index (κ1) is 22.9. The second kappa shape index (κ2) is 10.0. The molecule has 0 saturated carbocycles. The average molecular weight is 449 g/mol. The van der Waals surface area contributed by atoms with Gasteiger partial charge in [-0.2, -0.15) is 13.2 Å². The molecule has 1 unspecified atom stereocenters. The molecule has 5 nitrogen and oxygen atoms in total. The van der Waals surface area contributed by atoms with Crippen LogP contribution in [0.1, 0.15) is 24.0 Å². The van der Waals surface area contributed by atoms with Gasteiger partial charge in [0.05, 0.1) is 6.04 Å². The summed E-state index contributed by atoms with van der Waals surface area (Å²) >= 11 is -0.183. The average Bonchev–Trinajstić information content (AvgIpc) is 3.15. The minimum absolute atomic E-state index is 0.0856. The normalized spacial score (nSPS) is 17.2. The van der Waals surface area contributed by atoms with Crippen LogP contribution in [-0.4, -0.2) is 34.8 Å². The van der Waals surface area contributed by atoms with Gasteiger partial charge in [-0.3, -0.25) is 14.5 Å². The summed E-state index contributed by atoms with van der Waals surface area (Å²) in [4.78, 5) is 25.9. The number of carbonyl (C=O) groups excluding carboxylic acids is 2. The number of thioether (sulfide) groups is 1. The van der Waals surface area contributed by atoms with E-state index < -0.39 is 5.51 Å². The molecule has 1 atom stereocenters. The molecule has 1 aliphatic rings. The molecule has 31 heavy (non-hydrogen) atoms. The molecule has 0 aliphatic carbocycles. The van der Waals surface area contributed by atoms with Gasteiger partial charge in [-0.25, -0.2) is 0 Å². The van der Waals surface area contributed by atoms with Crippen molar-refractivity contribution in [1.29, 1.82) is 0 Å². The number of hydrogen-bond acceptors (Lipinski definition) is 4. The number of carbonyl (C=O) groups is 2. The molecule has 0 aromatic heterocycles. The van der Waals surface area contributed by atoms with Crippen LogP contribution in [-0.2, 0) is 16.1 Å². The first-order valence-corrected chi connectivity index (χ1v) is 10.5. The predicted octanol–water partition coefficient (Wildman–Crippen LogP) is 4.40. The Balaban J connectivity index is 1.57. The molecule has 0 radical (unpaired) electrons. The fourth-order valence-corrected chi connectivity index (χ4v) is 4.00. The number of anilines is 1. The van der Waals surface area contributed by atoms with Crippen LogP contribution in [0, 0.1) is 0 Å². The molecule has 1 fully saturated rings. The molecule has 9 heteroatoms. The Labute approximate surface area is 182 Å². The number of primary amides is 1. The molecule has 2 aromatic rings. The largest absolute Gasteiger partial charge is 0.446 e. The molecular weight excluding hydrogens is 427 g/mol. The minimum Gasteiger partial charge on any atom is -0.368 e. The Morgan fingerprint density at radius 2 is 1.94 bits per heavy atom. The highest BCUT2D eigenvalue weighted by atomic mass is 32.2. The molecule has 3 N–H and O–H groups in total. The summed E-state index contributed by atoms with van der Waals surface area (Å²) < 4.78 is 37.1. The Hall–Kier alpha value is -2.78. The van der Waals surface area contributed by atoms with E-state index in [-0.39, 0.29) is 34.5 Å². The quantitative estimate of drug-likeness (QED) is 0.485. The van der Waals surface area contributed by atoms with Crippen LogP contribution in [0.3, 0.4) is 0 Å². The number of benzene rings is 2. The fourth-order valence-electron chi connectivity index (χ4n) is 3.46. The van der Waals surface area contributed by atoms with Crippen LogP contribution in [0.15, 0.2) is 59.5 Å². The van der Waals surface area contributed by atoms with E-state index in [9.17, 15) is 22.8 Å². The molecule has 1 saturated heterocycles. The highest BCUT2D eigenvalue weighted by Gasteiger charge is 2.29. The number of rotatable bonds is 7. The lowest BCUT2D eigenvalue weighted by molar-refractivity contribution is -0.122. The fraction of sp³-hybridized carbons (Fsp3) is 0.273. The molecule has 3 rings (SSSR count). The third-order valence-corrected chi connectivity index (χ3v) is 5.55. The van der Waals surface area contributed by atoms with E-state index in [0.717, 1.165) is 24.9 Å². The molecule has 2 aromatic carbocycles. The van der Waals surface area contributed by atoms with Crippen LogP contribution in [0.4, 0.5) is 18.9 Å². The monoisotopic (exact) mass is 449 g/mol. The molecule has 164 valence electrons. The lowest BCUT2D eigenvalue weighted by Gasteiger charge is -2.22. The number of nitrogens with zero attached hydrogens (tertiary/aromatic N) is 1. The predicted molar refractivity (Wildman–Crippen MR) is 115 cm³/mol. The molecule has 0 bridgehead atoms. The highest BCUT2D eigenvalue weighted by Crippen LogP contribution is 2.36. The van der Waals surface area contributed by atoms with Crippen LogP contribution in [0.5, 0.6) is 0 Å². The van der Waals surface area contributed by atoms with Crippen molar-refractivity contribution in [3.63, 3.8) is 0 Å². The van der Waals surface area contributed by atoms with Crippen LogP contribution in [0.25, 0.3) is 6.08 Å². The van der Waals surface area contributed by atoms with Gasteiger partial charge >= 0.3 is 5.51 Å². The number of amides is 2. The van der Waals surface area contributed by atoms with Gasteiger partial charge in [-0.05, 0) is 72.6 Å². The third kappa shape index (κ3) is 7.15. The van der Waals surface area contributed by atoms with E-state index >= 15 is 0 Å². The van der Waals surface area contributed by atoms with Gasteiger partial charge in [0.15, 0.2) is 0 Å². The zero-order valence-corrected chi connectivity index (χ0v) is 17.4. The summed E-state index contributed by atoms with van der Waals surface area (Å²) in [5.74, 6) is -0.681. The first-order chi connectivity index (χ1) is 14.7. The van der Waals surface area contributed by atoms with Crippen LogP contribution >= 0.6 is 11.8 Å². The summed E-state index contributed by atoms with van der Waals surface area (Å²) in [5, 5.41) is 2.77. The molecule has 1 aliphatic heterocycles. The molecule has 2 amide bonds. The Bertz CT molecular complexity index is 961. The number of nitrogens with one attached hydrogen (secondary N) is 1. The third-order valence-electron chi connectivity index (χ3n) is 4.81. The maximum Gasteiger partial charge on any atom is 0.446 e. The summed E-state index contributed by atoms with van der Waals surface area (Å²) in [7, 11) is 0. The summed E-state index contributed by atoms with van der Waals surface area (Å²) in [6, 6.07) is 12.8. The Morgan fingerprint density at radius 3 is 2.61 bits per heavy atom. The molecular formula is C22H22F3N3O2S. The van der Waals surface area contributed by atoms with Crippen molar-refractivity contribution < 1.29 is 22.8 Å².